The van der Waals surface area contributed by atoms with E-state index in [1.54, 1.807) is 6.08 Å². The molecule has 2 heteroatoms. The van der Waals surface area contributed by atoms with Crippen LogP contribution in [0.5, 0.6) is 0 Å². The molecule has 0 aliphatic rings. The van der Waals surface area contributed by atoms with E-state index in [4.69, 9.17) is 5.41 Å². The van der Waals surface area contributed by atoms with Crippen LogP contribution in [-0.2, 0) is 0 Å². The zero-order chi connectivity index (χ0) is 16.0. The van der Waals surface area contributed by atoms with E-state index in [1.165, 1.54) is 6.21 Å². The van der Waals surface area contributed by atoms with Crippen molar-refractivity contribution in [1.82, 2.24) is 0 Å². The van der Waals surface area contributed by atoms with Gasteiger partial charge in [-0.25, -0.2) is 4.39 Å². The molecule has 0 rings (SSSR count). The Labute approximate surface area is 124 Å². The molecule has 0 aromatic rings. The fourth-order valence-corrected chi connectivity index (χ4v) is 2.36. The maximum absolute atomic E-state index is 14.6. The van der Waals surface area contributed by atoms with Crippen molar-refractivity contribution in [3.8, 4) is 0 Å². The number of nitrogens with one attached hydrogen (secondary N) is 1. The van der Waals surface area contributed by atoms with Gasteiger partial charge in [-0.3, -0.25) is 0 Å². The molecule has 20 heavy (non-hydrogen) atoms. The van der Waals surface area contributed by atoms with Crippen molar-refractivity contribution in [2.24, 2.45) is 10.8 Å². The summed E-state index contributed by atoms with van der Waals surface area (Å²) in [5.74, 6) is -0.164. The second-order valence-corrected chi connectivity index (χ2v) is 6.25. The van der Waals surface area contributed by atoms with Crippen LogP contribution in [0.2, 0.25) is 0 Å². The highest BCUT2D eigenvalue weighted by molar-refractivity contribution is 5.78. The molecule has 0 bridgehead atoms. The van der Waals surface area contributed by atoms with Crippen molar-refractivity contribution >= 4 is 6.21 Å². The third-order valence-electron chi connectivity index (χ3n) is 5.52. The maximum atomic E-state index is 14.6. The molecular weight excluding hydrogens is 249 g/mol. The lowest BCUT2D eigenvalue weighted by Crippen LogP contribution is -2.19. The van der Waals surface area contributed by atoms with Gasteiger partial charge in [0, 0.05) is 6.21 Å². The molecule has 0 radical (unpaired) electrons. The second kappa shape index (κ2) is 7.75. The van der Waals surface area contributed by atoms with Crippen molar-refractivity contribution in [1.29, 1.82) is 5.41 Å². The lowest BCUT2D eigenvalue weighted by molar-refractivity contribution is 0.354. The lowest BCUT2D eigenvalue weighted by atomic mass is 9.75. The number of hydrogen-bond donors (Lipinski definition) is 1. The summed E-state index contributed by atoms with van der Waals surface area (Å²) in [7, 11) is 0. The molecule has 1 nitrogen and oxygen atoms in total. The smallest absolute Gasteiger partial charge is 0.123 e. The fourth-order valence-electron chi connectivity index (χ4n) is 2.36. The molecule has 0 spiro atoms. The van der Waals surface area contributed by atoms with E-state index in [0.717, 1.165) is 36.8 Å². The molecule has 116 valence electrons. The number of allylic oxidation sites excluding steroid dienone is 4. The maximum Gasteiger partial charge on any atom is 0.123 e. The molecule has 1 N–H and O–H groups in total. The molecule has 0 saturated carbocycles. The van der Waals surface area contributed by atoms with Crippen molar-refractivity contribution in [2.45, 2.75) is 74.1 Å². The SMILES string of the molecule is CCC(C)(CC)/C(C=N)=C/C(F)=C(\C)C(C)(CC)CC. The first-order valence-electron chi connectivity index (χ1n) is 7.84. The van der Waals surface area contributed by atoms with E-state index in [9.17, 15) is 4.39 Å². The highest BCUT2D eigenvalue weighted by atomic mass is 19.1. The average molecular weight is 281 g/mol. The van der Waals surface area contributed by atoms with Gasteiger partial charge >= 0.3 is 0 Å². The Bertz CT molecular complexity index is 382. The van der Waals surface area contributed by atoms with E-state index in [2.05, 4.69) is 41.5 Å². The van der Waals surface area contributed by atoms with E-state index < -0.39 is 0 Å². The van der Waals surface area contributed by atoms with Crippen LogP contribution in [0.3, 0.4) is 0 Å². The number of halogens is 1. The predicted molar refractivity (Wildman–Crippen MR) is 88.1 cm³/mol. The van der Waals surface area contributed by atoms with Gasteiger partial charge in [0.2, 0.25) is 0 Å². The molecule has 0 aliphatic carbocycles. The molecule has 0 aliphatic heterocycles. The van der Waals surface area contributed by atoms with Crippen molar-refractivity contribution in [3.05, 3.63) is 23.0 Å². The average Bonchev–Trinajstić information content (AvgIpc) is 2.49. The van der Waals surface area contributed by atoms with Gasteiger partial charge < -0.3 is 5.41 Å². The summed E-state index contributed by atoms with van der Waals surface area (Å²) in [6.07, 6.45) is 6.57. The third kappa shape index (κ3) is 4.04. The second-order valence-electron chi connectivity index (χ2n) is 6.25. The van der Waals surface area contributed by atoms with Crippen molar-refractivity contribution in [2.75, 3.05) is 0 Å². The first-order valence-corrected chi connectivity index (χ1v) is 7.84. The van der Waals surface area contributed by atoms with Crippen LogP contribution in [-0.4, -0.2) is 6.21 Å². The third-order valence-corrected chi connectivity index (χ3v) is 5.52. The minimum absolute atomic E-state index is 0.0947. The van der Waals surface area contributed by atoms with Crippen LogP contribution in [0, 0.1) is 16.2 Å². The predicted octanol–water partition coefficient (Wildman–Crippen LogP) is 6.46. The summed E-state index contributed by atoms with van der Waals surface area (Å²) in [5.41, 5.74) is 1.38. The molecule has 0 atom stereocenters. The van der Waals surface area contributed by atoms with Crippen LogP contribution in [0.4, 0.5) is 4.39 Å². The van der Waals surface area contributed by atoms with Gasteiger partial charge in [0.1, 0.15) is 5.83 Å². The molecule has 0 fully saturated rings. The van der Waals surface area contributed by atoms with Gasteiger partial charge in [0.15, 0.2) is 0 Å². The monoisotopic (exact) mass is 281 g/mol. The van der Waals surface area contributed by atoms with E-state index >= 15 is 0 Å². The highest BCUT2D eigenvalue weighted by Gasteiger charge is 2.27. The summed E-state index contributed by atoms with van der Waals surface area (Å²) in [6, 6.07) is 0. The van der Waals surface area contributed by atoms with Crippen LogP contribution in [0.25, 0.3) is 0 Å². The van der Waals surface area contributed by atoms with Gasteiger partial charge in [-0.1, -0.05) is 41.5 Å². The Morgan fingerprint density at radius 3 is 1.65 bits per heavy atom. The van der Waals surface area contributed by atoms with E-state index in [0.29, 0.717) is 0 Å². The van der Waals surface area contributed by atoms with Crippen LogP contribution in [0.1, 0.15) is 74.1 Å². The zero-order valence-electron chi connectivity index (χ0n) is 14.4. The van der Waals surface area contributed by atoms with E-state index in [1.807, 2.05) is 6.92 Å². The topological polar surface area (TPSA) is 23.9 Å². The molecule has 0 aromatic carbocycles. The van der Waals surface area contributed by atoms with E-state index in [-0.39, 0.29) is 16.7 Å². The Kier molecular flexibility index (Phi) is 7.40. The van der Waals surface area contributed by atoms with Gasteiger partial charge in [-0.2, -0.15) is 0 Å². The quantitative estimate of drug-likeness (QED) is 0.390. The summed E-state index contributed by atoms with van der Waals surface area (Å²) < 4.78 is 14.6. The van der Waals surface area contributed by atoms with Crippen LogP contribution >= 0.6 is 0 Å². The Hall–Kier alpha value is -0.920. The molecule has 0 unspecified atom stereocenters. The van der Waals surface area contributed by atoms with Gasteiger partial charge in [-0.15, -0.1) is 0 Å². The summed E-state index contributed by atoms with van der Waals surface area (Å²) in [5, 5.41) is 7.62. The van der Waals surface area contributed by atoms with Crippen molar-refractivity contribution in [3.63, 3.8) is 0 Å². The Morgan fingerprint density at radius 2 is 1.35 bits per heavy atom. The Morgan fingerprint density at radius 1 is 0.950 bits per heavy atom. The van der Waals surface area contributed by atoms with Gasteiger partial charge in [0.25, 0.3) is 0 Å². The molecule has 0 saturated heterocycles. The van der Waals surface area contributed by atoms with Gasteiger partial charge in [0.05, 0.1) is 0 Å². The highest BCUT2D eigenvalue weighted by Crippen LogP contribution is 2.39. The van der Waals surface area contributed by atoms with Crippen molar-refractivity contribution < 1.29 is 4.39 Å². The molecular formula is C18H32FN. The molecule has 0 heterocycles. The van der Waals surface area contributed by atoms with Gasteiger partial charge in [-0.05, 0) is 60.7 Å². The normalized spacial score (nSPS) is 15.1. The summed E-state index contributed by atoms with van der Waals surface area (Å²) >= 11 is 0. The number of rotatable bonds is 8. The standard InChI is InChI=1S/C18H32FN/c1-8-17(6,9-2)14(5)16(19)12-15(13-20)18(7,10-3)11-4/h12-13,20H,8-11H2,1-7H3/b15-12+,16-14-,20-13?. The largest absolute Gasteiger partial charge is 0.308 e. The summed E-state index contributed by atoms with van der Waals surface area (Å²) in [4.78, 5) is 0. The molecule has 0 amide bonds. The fraction of sp³-hybridized carbons (Fsp3) is 0.722. The Balaban J connectivity index is 5.74. The summed E-state index contributed by atoms with van der Waals surface area (Å²) in [6.45, 7) is 14.5. The zero-order valence-corrected chi connectivity index (χ0v) is 14.4. The molecule has 0 aromatic heterocycles. The van der Waals surface area contributed by atoms with Crippen LogP contribution in [0.15, 0.2) is 23.0 Å². The first kappa shape index (κ1) is 19.1. The minimum Gasteiger partial charge on any atom is -0.308 e. The lowest BCUT2D eigenvalue weighted by Gasteiger charge is -2.30. The first-order chi connectivity index (χ1) is 9.24. The van der Waals surface area contributed by atoms with Crippen LogP contribution < -0.4 is 0 Å². The number of hydrogen-bond acceptors (Lipinski definition) is 1. The minimum atomic E-state index is -0.164.